The summed E-state index contributed by atoms with van der Waals surface area (Å²) in [5.74, 6) is -7.36. The summed E-state index contributed by atoms with van der Waals surface area (Å²) in [7, 11) is 0. The van der Waals surface area contributed by atoms with Crippen molar-refractivity contribution < 1.29 is 68.1 Å². The molecule has 0 aromatic heterocycles. The van der Waals surface area contributed by atoms with Crippen LogP contribution in [0.2, 0.25) is 0 Å². The topological polar surface area (TPSA) is 220 Å². The van der Waals surface area contributed by atoms with Crippen LogP contribution in [-0.2, 0) is 47.7 Å². The molecule has 16 heteroatoms. The van der Waals surface area contributed by atoms with Gasteiger partial charge < -0.3 is 39.4 Å². The second-order valence-corrected chi connectivity index (χ2v) is 15.6. The molecule has 4 atom stereocenters. The van der Waals surface area contributed by atoms with Gasteiger partial charge in [-0.25, -0.2) is 9.59 Å². The Kier molecular flexibility index (Phi) is 37.3. The van der Waals surface area contributed by atoms with Crippen molar-refractivity contribution in [3.8, 4) is 0 Å². The maximum absolute atomic E-state index is 11.7. The van der Waals surface area contributed by atoms with Gasteiger partial charge in [0.25, 0.3) is 5.78 Å². The third-order valence-electron chi connectivity index (χ3n) is 10.3. The number of ketones is 2. The second-order valence-electron chi connectivity index (χ2n) is 15.6. The molecule has 0 aromatic carbocycles. The van der Waals surface area contributed by atoms with Gasteiger partial charge in [0, 0.05) is 50.1 Å². The van der Waals surface area contributed by atoms with Crippen LogP contribution >= 0.6 is 37.2 Å². The van der Waals surface area contributed by atoms with Crippen LogP contribution in [0.5, 0.6) is 0 Å². The van der Waals surface area contributed by atoms with Crippen molar-refractivity contribution in [2.24, 2.45) is 0 Å². The Hall–Kier alpha value is -2.06. The molecule has 0 aliphatic carbocycles. The Bertz CT molecular complexity index is 1190. The van der Waals surface area contributed by atoms with Crippen molar-refractivity contribution in [3.05, 3.63) is 11.5 Å². The minimum absolute atomic E-state index is 0.238. The van der Waals surface area contributed by atoms with E-state index in [1.807, 2.05) is 0 Å². The van der Waals surface area contributed by atoms with Crippen LogP contribution < -0.4 is 0 Å². The van der Waals surface area contributed by atoms with E-state index in [2.05, 4.69) is 60.6 Å². The number of esters is 4. The van der Waals surface area contributed by atoms with Gasteiger partial charge in [-0.15, -0.1) is 0 Å². The minimum Gasteiger partial charge on any atom is -0.505 e. The Labute approximate surface area is 381 Å². The summed E-state index contributed by atoms with van der Waals surface area (Å²) in [5.41, 5.74) is 0. The Morgan fingerprint density at radius 1 is 0.517 bits per heavy atom. The molecular weight excluding hydrogens is 1010 g/mol. The van der Waals surface area contributed by atoms with Crippen molar-refractivity contribution in [3.63, 3.8) is 0 Å². The molecule has 2 heterocycles. The average Bonchev–Trinajstić information content (AvgIpc) is 3.66. The maximum atomic E-state index is 11.7. The van der Waals surface area contributed by atoms with E-state index in [1.165, 1.54) is 128 Å². The zero-order valence-corrected chi connectivity index (χ0v) is 40.5. The number of carbonyl (C=O) groups excluding carboxylic acids is 6. The molecule has 60 heavy (non-hydrogen) atoms. The largest absolute Gasteiger partial charge is 0.505 e. The molecule has 0 bridgehead atoms. The van der Waals surface area contributed by atoms with Crippen LogP contribution in [0, 0.1) is 0 Å². The fourth-order valence-electron chi connectivity index (χ4n) is 6.68. The molecule has 0 amide bonds. The van der Waals surface area contributed by atoms with E-state index in [1.54, 1.807) is 0 Å². The van der Waals surface area contributed by atoms with Gasteiger partial charge in [-0.1, -0.05) is 168 Å². The number of ether oxygens (including phenoxy) is 4. The number of cyclic esters (lactones) is 2. The fraction of sp³-hybridized carbons (Fsp3) is 0.818. The molecule has 2 aliphatic heterocycles. The van der Waals surface area contributed by atoms with E-state index in [9.17, 15) is 49.2 Å². The average molecular weight is 1080 g/mol. The molecule has 1 fully saturated rings. The van der Waals surface area contributed by atoms with E-state index >= 15 is 0 Å². The van der Waals surface area contributed by atoms with Gasteiger partial charge in [-0.05, 0) is 12.8 Å². The van der Waals surface area contributed by atoms with Crippen LogP contribution in [0.15, 0.2) is 11.5 Å². The second kappa shape index (κ2) is 38.6. The maximum Gasteiger partial charge on any atom is 0.383 e. The number of unbranched alkanes of at least 4 members (excludes halogenated alkanes) is 24. The van der Waals surface area contributed by atoms with Crippen molar-refractivity contribution in [2.45, 2.75) is 218 Å². The smallest absolute Gasteiger partial charge is 0.383 e. The van der Waals surface area contributed by atoms with E-state index in [-0.39, 0.29) is 12.8 Å². The fourth-order valence-corrected chi connectivity index (χ4v) is 6.68. The van der Waals surface area contributed by atoms with E-state index in [4.69, 9.17) is 9.47 Å². The van der Waals surface area contributed by atoms with Crippen molar-refractivity contribution in [1.29, 1.82) is 0 Å². The molecule has 0 aromatic rings. The number of aliphatic hydroxyl groups is 4. The lowest BCUT2D eigenvalue weighted by Crippen LogP contribution is -2.37. The van der Waals surface area contributed by atoms with E-state index in [0.717, 1.165) is 32.1 Å². The third-order valence-corrected chi connectivity index (χ3v) is 10.3. The highest BCUT2D eigenvalue weighted by atomic mass is 128. The lowest BCUT2D eigenvalue weighted by atomic mass is 10.0. The predicted octanol–water partition coefficient (Wildman–Crippen LogP) is 9.83. The van der Waals surface area contributed by atoms with Gasteiger partial charge in [0.1, 0.15) is 25.4 Å². The number of carbonyl (C=O) groups is 6. The molecule has 1 saturated heterocycles. The number of halogens is 2. The summed E-state index contributed by atoms with van der Waals surface area (Å²) in [6.07, 6.45) is 26.3. The number of Topliss-reactive ketones (excluding diaryl/α,β-unsaturated/α-hetero) is 2. The zero-order chi connectivity index (χ0) is 45.0. The van der Waals surface area contributed by atoms with Crippen LogP contribution in [0.25, 0.3) is 0 Å². The molecule has 0 radical (unpaired) electrons. The Morgan fingerprint density at radius 2 is 0.817 bits per heavy atom. The first-order valence-corrected chi connectivity index (χ1v) is 28.7. The quantitative estimate of drug-likeness (QED) is 0.0155. The van der Waals surface area contributed by atoms with Gasteiger partial charge >= 0.3 is 29.7 Å². The summed E-state index contributed by atoms with van der Waals surface area (Å²) in [4.78, 5) is 67.9. The first-order chi connectivity index (χ1) is 28.9. The lowest BCUT2D eigenvalue weighted by Gasteiger charge is -2.17. The summed E-state index contributed by atoms with van der Waals surface area (Å²) < 4.78 is 18.9. The molecule has 14 nitrogen and oxygen atoms in total. The summed E-state index contributed by atoms with van der Waals surface area (Å²) >= 11 is 4.24. The highest BCUT2D eigenvalue weighted by Gasteiger charge is 2.46. The van der Waals surface area contributed by atoms with Gasteiger partial charge in [0.05, 0.1) is 0 Å². The Morgan fingerprint density at radius 3 is 1.10 bits per heavy atom. The number of aliphatic hydroxyl groups excluding tert-OH is 4. The van der Waals surface area contributed by atoms with Gasteiger partial charge in [0.2, 0.25) is 5.76 Å². The SMILES string of the molecule is CCCCCCCCCCCCCCCC(=O)OC[C@H](O)C1OC(=O)C(=O)C1=O.CCCCCCCCCCCCCCCC(=O)OC[C@H](O)C1OC(=O)C(O)=C1O.II. The zero-order valence-electron chi connectivity index (χ0n) is 36.1. The highest BCUT2D eigenvalue weighted by Crippen LogP contribution is 2.22. The first kappa shape index (κ1) is 57.9. The molecule has 0 spiro atoms. The van der Waals surface area contributed by atoms with Crippen LogP contribution in [-0.4, -0.2) is 93.5 Å². The molecule has 0 saturated carbocycles. The minimum atomic E-state index is -1.57. The normalized spacial score (nSPS) is 17.0. The number of hydrogen-bond acceptors (Lipinski definition) is 14. The van der Waals surface area contributed by atoms with Crippen LogP contribution in [0.4, 0.5) is 0 Å². The highest BCUT2D eigenvalue weighted by molar-refractivity contribution is 15.0. The molecule has 2 aliphatic rings. The van der Waals surface area contributed by atoms with E-state index in [0.29, 0.717) is 6.42 Å². The number of hydrogen-bond donors (Lipinski definition) is 4. The molecule has 4 N–H and O–H groups in total. The lowest BCUT2D eigenvalue weighted by molar-refractivity contribution is -0.157. The molecule has 2 rings (SSSR count). The standard InChI is InChI=1S/C22H38O7.C22H36O7.I2/c2*1-2-3-4-5-6-7-8-9-10-11-12-13-14-15-18(24)28-16-17(23)21-19(25)20(26)22(27)29-21;1-2/h17,21,23,25-26H,2-16H2,1H3;17,21,23H,2-16H2,1H3;/t2*17-,21?;/m00./s1. The predicted molar refractivity (Wildman–Crippen MR) is 245 cm³/mol. The third kappa shape index (κ3) is 27.8. The summed E-state index contributed by atoms with van der Waals surface area (Å²) in [6.45, 7) is 3.58. The Balaban J connectivity index is 0.00000111. The molecular formula is C44H74I2O14. The van der Waals surface area contributed by atoms with Crippen molar-refractivity contribution in [2.75, 3.05) is 13.2 Å². The first-order valence-electron chi connectivity index (χ1n) is 22.4. The van der Waals surface area contributed by atoms with E-state index < -0.39 is 84.6 Å². The molecule has 2 unspecified atom stereocenters. The van der Waals surface area contributed by atoms with Crippen molar-refractivity contribution >= 4 is 72.7 Å². The van der Waals surface area contributed by atoms with Crippen molar-refractivity contribution in [1.82, 2.24) is 0 Å². The monoisotopic (exact) mass is 1080 g/mol. The van der Waals surface area contributed by atoms with Gasteiger partial charge in [-0.3, -0.25) is 19.2 Å². The molecule has 348 valence electrons. The van der Waals surface area contributed by atoms with Gasteiger partial charge in [0.15, 0.2) is 18.0 Å². The van der Waals surface area contributed by atoms with Crippen LogP contribution in [0.3, 0.4) is 0 Å². The summed E-state index contributed by atoms with van der Waals surface area (Å²) in [6, 6.07) is 0. The summed E-state index contributed by atoms with van der Waals surface area (Å²) in [5, 5.41) is 38.3. The van der Waals surface area contributed by atoms with Crippen LogP contribution in [0.1, 0.15) is 194 Å². The number of rotatable bonds is 34. The van der Waals surface area contributed by atoms with Gasteiger partial charge in [-0.2, -0.15) is 0 Å².